The summed E-state index contributed by atoms with van der Waals surface area (Å²) in [6.07, 6.45) is 2.35. The van der Waals surface area contributed by atoms with Gasteiger partial charge in [-0.1, -0.05) is 0 Å². The van der Waals surface area contributed by atoms with Crippen LogP contribution in [0.1, 0.15) is 40.7 Å². The normalized spacial score (nSPS) is 22.8. The quantitative estimate of drug-likeness (QED) is 0.921. The second-order valence-electron chi connectivity index (χ2n) is 5.17. The fraction of sp³-hybridized carbons (Fsp3) is 0.615. The first-order valence-electron chi connectivity index (χ1n) is 6.71. The molecule has 0 aromatic carbocycles. The molecule has 20 heavy (non-hydrogen) atoms. The summed E-state index contributed by atoms with van der Waals surface area (Å²) in [7, 11) is 0. The summed E-state index contributed by atoms with van der Waals surface area (Å²) in [5.41, 5.74) is 0.485. The van der Waals surface area contributed by atoms with E-state index in [0.717, 1.165) is 10.8 Å². The second kappa shape index (κ2) is 5.73. The Morgan fingerprint density at radius 3 is 2.95 bits per heavy atom. The molecule has 1 atom stereocenters. The molecule has 0 bridgehead atoms. The number of hydrogen-bond donors (Lipinski definition) is 1. The average molecular weight is 312 g/mol. The molecular weight excluding hydrogens is 296 g/mol. The lowest BCUT2D eigenvalue weighted by Crippen LogP contribution is -2.47. The molecule has 2 heterocycles. The fourth-order valence-corrected chi connectivity index (χ4v) is 4.37. The highest BCUT2D eigenvalue weighted by Crippen LogP contribution is 2.41. The van der Waals surface area contributed by atoms with E-state index in [0.29, 0.717) is 23.9 Å². The maximum Gasteiger partial charge on any atom is 0.305 e. The van der Waals surface area contributed by atoms with Crippen molar-refractivity contribution in [1.29, 1.82) is 0 Å². The molecule has 1 saturated carbocycles. The number of aromatic nitrogens is 1. The molecule has 5 nitrogen and oxygen atoms in total. The highest BCUT2D eigenvalue weighted by molar-refractivity contribution is 7.99. The van der Waals surface area contributed by atoms with Crippen molar-refractivity contribution in [2.75, 3.05) is 18.1 Å². The molecule has 3 rings (SSSR count). The monoisotopic (exact) mass is 312 g/mol. The second-order valence-corrected chi connectivity index (χ2v) is 7.21. The van der Waals surface area contributed by atoms with E-state index in [1.807, 2.05) is 5.38 Å². The minimum Gasteiger partial charge on any atom is -0.481 e. The van der Waals surface area contributed by atoms with Crippen LogP contribution in [0.25, 0.3) is 0 Å². The lowest BCUT2D eigenvalue weighted by molar-refractivity contribution is -0.138. The van der Waals surface area contributed by atoms with Crippen molar-refractivity contribution in [2.24, 2.45) is 0 Å². The highest BCUT2D eigenvalue weighted by atomic mass is 32.2. The molecule has 1 aromatic heterocycles. The van der Waals surface area contributed by atoms with Crippen molar-refractivity contribution in [1.82, 2.24) is 9.88 Å². The molecular formula is C13H16N2O3S2. The molecule has 108 valence electrons. The Kier molecular flexibility index (Phi) is 3.98. The number of nitrogens with zero attached hydrogens (tertiary/aromatic N) is 2. The minimum absolute atomic E-state index is 0.0123. The molecule has 2 fully saturated rings. The van der Waals surface area contributed by atoms with Crippen LogP contribution < -0.4 is 0 Å². The predicted octanol–water partition coefficient (Wildman–Crippen LogP) is 2.05. The number of amides is 1. The van der Waals surface area contributed by atoms with Crippen molar-refractivity contribution in [2.45, 2.75) is 31.2 Å². The zero-order chi connectivity index (χ0) is 14.1. The van der Waals surface area contributed by atoms with Crippen LogP contribution in [0.2, 0.25) is 0 Å². The number of carboxylic acids is 1. The molecule has 2 aliphatic rings. The van der Waals surface area contributed by atoms with Gasteiger partial charge in [-0.25, -0.2) is 4.98 Å². The first-order chi connectivity index (χ1) is 9.65. The van der Waals surface area contributed by atoms with Crippen LogP contribution in [0.15, 0.2) is 5.38 Å². The Labute approximate surface area is 125 Å². The van der Waals surface area contributed by atoms with Crippen LogP contribution in [0.4, 0.5) is 0 Å². The Morgan fingerprint density at radius 1 is 1.45 bits per heavy atom. The van der Waals surface area contributed by atoms with Crippen LogP contribution >= 0.6 is 23.1 Å². The standard InChI is InChI=1S/C13H16N2O3S2/c16-11(17)5-9-6-19-4-3-15(9)13(18)10-7-20-12(14-10)8-1-2-8/h7-9H,1-6H2,(H,16,17)/t9-/m0/s1. The summed E-state index contributed by atoms with van der Waals surface area (Å²) in [5.74, 6) is 1.14. The Bertz CT molecular complexity index is 527. The van der Waals surface area contributed by atoms with Gasteiger partial charge in [0.25, 0.3) is 5.91 Å². The van der Waals surface area contributed by atoms with E-state index in [4.69, 9.17) is 5.11 Å². The van der Waals surface area contributed by atoms with Gasteiger partial charge in [0, 0.05) is 29.3 Å². The van der Waals surface area contributed by atoms with Crippen molar-refractivity contribution in [3.8, 4) is 0 Å². The average Bonchev–Trinajstić information content (AvgIpc) is 3.16. The Balaban J connectivity index is 1.73. The van der Waals surface area contributed by atoms with E-state index in [-0.39, 0.29) is 18.4 Å². The molecule has 1 aromatic rings. The van der Waals surface area contributed by atoms with E-state index in [9.17, 15) is 9.59 Å². The summed E-state index contributed by atoms with van der Waals surface area (Å²) in [6, 6.07) is -0.218. The van der Waals surface area contributed by atoms with Crippen molar-refractivity contribution < 1.29 is 14.7 Å². The minimum atomic E-state index is -0.854. The molecule has 1 aliphatic heterocycles. The van der Waals surface area contributed by atoms with Gasteiger partial charge in [0.15, 0.2) is 0 Å². The predicted molar refractivity (Wildman–Crippen MR) is 78.5 cm³/mol. The first kappa shape index (κ1) is 13.9. The van der Waals surface area contributed by atoms with Crippen LogP contribution in [-0.4, -0.2) is 51.0 Å². The third-order valence-corrected chi connectivity index (χ3v) is 5.67. The van der Waals surface area contributed by atoms with E-state index in [1.165, 1.54) is 12.8 Å². The zero-order valence-electron chi connectivity index (χ0n) is 10.9. The third-order valence-electron chi connectivity index (χ3n) is 3.57. The number of carboxylic acid groups (broad SMARTS) is 1. The molecule has 0 spiro atoms. The summed E-state index contributed by atoms with van der Waals surface area (Å²) in [6.45, 7) is 0.609. The molecule has 7 heteroatoms. The van der Waals surface area contributed by atoms with Crippen molar-refractivity contribution in [3.63, 3.8) is 0 Å². The van der Waals surface area contributed by atoms with Crippen LogP contribution in [0, 0.1) is 0 Å². The van der Waals surface area contributed by atoms with E-state index < -0.39 is 5.97 Å². The zero-order valence-corrected chi connectivity index (χ0v) is 12.6. The number of hydrogen-bond acceptors (Lipinski definition) is 5. The van der Waals surface area contributed by atoms with Gasteiger partial charge in [-0.2, -0.15) is 11.8 Å². The summed E-state index contributed by atoms with van der Waals surface area (Å²) in [4.78, 5) is 29.6. The van der Waals surface area contributed by atoms with E-state index in [2.05, 4.69) is 4.98 Å². The van der Waals surface area contributed by atoms with Crippen LogP contribution in [-0.2, 0) is 4.79 Å². The van der Waals surface area contributed by atoms with Gasteiger partial charge in [0.2, 0.25) is 0 Å². The van der Waals surface area contributed by atoms with E-state index >= 15 is 0 Å². The SMILES string of the molecule is O=C(O)C[C@H]1CSCCN1C(=O)c1csc(C2CC2)n1. The summed E-state index contributed by atoms with van der Waals surface area (Å²) >= 11 is 3.25. The van der Waals surface area contributed by atoms with Crippen molar-refractivity contribution in [3.05, 3.63) is 16.1 Å². The molecule has 0 unspecified atom stereocenters. The Hall–Kier alpha value is -1.08. The number of thioether (sulfide) groups is 1. The maximum atomic E-state index is 12.5. The van der Waals surface area contributed by atoms with Gasteiger partial charge < -0.3 is 10.0 Å². The van der Waals surface area contributed by atoms with Gasteiger partial charge in [-0.05, 0) is 12.8 Å². The van der Waals surface area contributed by atoms with Crippen LogP contribution in [0.3, 0.4) is 0 Å². The first-order valence-corrected chi connectivity index (χ1v) is 8.74. The third kappa shape index (κ3) is 2.98. The lowest BCUT2D eigenvalue weighted by Gasteiger charge is -2.34. The molecule has 1 saturated heterocycles. The number of thiazole rings is 1. The van der Waals surface area contributed by atoms with Gasteiger partial charge in [-0.15, -0.1) is 11.3 Å². The van der Waals surface area contributed by atoms with Crippen molar-refractivity contribution >= 4 is 35.0 Å². The number of aliphatic carboxylic acids is 1. The molecule has 0 radical (unpaired) electrons. The molecule has 1 N–H and O–H groups in total. The van der Waals surface area contributed by atoms with Gasteiger partial charge in [-0.3, -0.25) is 9.59 Å². The Morgan fingerprint density at radius 2 is 2.25 bits per heavy atom. The molecule has 1 aliphatic carbocycles. The number of carbonyl (C=O) groups is 2. The van der Waals surface area contributed by atoms with Gasteiger partial charge >= 0.3 is 5.97 Å². The maximum absolute atomic E-state index is 12.5. The molecule has 1 amide bonds. The van der Waals surface area contributed by atoms with Gasteiger partial charge in [0.1, 0.15) is 5.69 Å². The number of carbonyl (C=O) groups excluding carboxylic acids is 1. The fourth-order valence-electron chi connectivity index (χ4n) is 2.34. The summed E-state index contributed by atoms with van der Waals surface area (Å²) in [5, 5.41) is 11.8. The summed E-state index contributed by atoms with van der Waals surface area (Å²) < 4.78 is 0. The van der Waals surface area contributed by atoms with E-state index in [1.54, 1.807) is 28.0 Å². The van der Waals surface area contributed by atoms with Crippen LogP contribution in [0.5, 0.6) is 0 Å². The number of rotatable bonds is 4. The topological polar surface area (TPSA) is 70.5 Å². The highest BCUT2D eigenvalue weighted by Gasteiger charge is 2.32. The van der Waals surface area contributed by atoms with Gasteiger partial charge in [0.05, 0.1) is 17.5 Å². The smallest absolute Gasteiger partial charge is 0.305 e. The largest absolute Gasteiger partial charge is 0.481 e. The lowest BCUT2D eigenvalue weighted by atomic mass is 10.2.